The molecule has 0 amide bonds. The highest BCUT2D eigenvalue weighted by molar-refractivity contribution is 5.69. The monoisotopic (exact) mass is 404 g/mol. The molecule has 0 radical (unpaired) electrons. The van der Waals surface area contributed by atoms with Crippen LogP contribution in [0.5, 0.6) is 0 Å². The quantitative estimate of drug-likeness (QED) is 0.535. The van der Waals surface area contributed by atoms with Crippen molar-refractivity contribution in [3.05, 3.63) is 11.6 Å². The maximum atomic E-state index is 11.6. The van der Waals surface area contributed by atoms with Crippen LogP contribution in [-0.2, 0) is 9.53 Å². The van der Waals surface area contributed by atoms with E-state index in [0.717, 1.165) is 25.7 Å². The van der Waals surface area contributed by atoms with Crippen LogP contribution in [0.25, 0.3) is 0 Å². The molecule has 1 unspecified atom stereocenters. The Morgan fingerprint density at radius 2 is 1.93 bits per heavy atom. The highest BCUT2D eigenvalue weighted by atomic mass is 16.5. The summed E-state index contributed by atoms with van der Waals surface area (Å²) in [6.45, 7) is 7.20. The van der Waals surface area contributed by atoms with Crippen LogP contribution in [0.1, 0.15) is 78.6 Å². The molecule has 164 valence electrons. The fourth-order valence-corrected chi connectivity index (χ4v) is 8.30. The molecule has 0 heterocycles. The van der Waals surface area contributed by atoms with Crippen LogP contribution in [0.4, 0.5) is 0 Å². The summed E-state index contributed by atoms with van der Waals surface area (Å²) in [5.74, 6) is 2.53. The van der Waals surface area contributed by atoms with Gasteiger partial charge >= 0.3 is 5.97 Å². The maximum Gasteiger partial charge on any atom is 0.305 e. The van der Waals surface area contributed by atoms with Crippen molar-refractivity contribution in [1.29, 1.82) is 0 Å². The standard InChI is InChI=1S/C25H40O4/c1-15(5-8-22(28)29-4)18-6-7-19-23-20(10-12-25(18,19)3)24(2)11-9-17(26)13-16(24)14-21(23)27/h13,15,17-21,23,26-27H,5-12,14H2,1-4H3/t15-,17-,18-,19+,20+,21-,23?,24+,25-/m1/s1. The van der Waals surface area contributed by atoms with Crippen LogP contribution < -0.4 is 0 Å². The lowest BCUT2D eigenvalue weighted by molar-refractivity contribution is -0.141. The van der Waals surface area contributed by atoms with E-state index in [1.54, 1.807) is 0 Å². The van der Waals surface area contributed by atoms with E-state index in [1.807, 2.05) is 0 Å². The fraction of sp³-hybridized carbons (Fsp3) is 0.880. The van der Waals surface area contributed by atoms with Gasteiger partial charge in [-0.25, -0.2) is 0 Å². The average molecular weight is 405 g/mol. The van der Waals surface area contributed by atoms with E-state index in [2.05, 4.69) is 26.8 Å². The Kier molecular flexibility index (Phi) is 5.65. The van der Waals surface area contributed by atoms with Crippen LogP contribution in [0, 0.1) is 40.4 Å². The molecule has 0 aromatic carbocycles. The number of aliphatic hydroxyl groups is 2. The molecule has 4 aliphatic carbocycles. The van der Waals surface area contributed by atoms with Gasteiger partial charge < -0.3 is 14.9 Å². The first-order valence-electron chi connectivity index (χ1n) is 11.8. The molecule has 0 saturated heterocycles. The summed E-state index contributed by atoms with van der Waals surface area (Å²) in [6.07, 6.45) is 10.3. The summed E-state index contributed by atoms with van der Waals surface area (Å²) in [5, 5.41) is 21.4. The minimum atomic E-state index is -0.331. The zero-order chi connectivity index (χ0) is 21.0. The predicted octanol–water partition coefficient (Wildman–Crippen LogP) is 4.49. The van der Waals surface area contributed by atoms with Gasteiger partial charge in [-0.15, -0.1) is 0 Å². The first-order valence-corrected chi connectivity index (χ1v) is 11.8. The van der Waals surface area contributed by atoms with Gasteiger partial charge in [0.2, 0.25) is 0 Å². The molecule has 0 aromatic heterocycles. The molecule has 4 aliphatic rings. The normalized spacial score (nSPS) is 47.4. The van der Waals surface area contributed by atoms with E-state index in [-0.39, 0.29) is 29.0 Å². The van der Waals surface area contributed by atoms with Crippen molar-refractivity contribution in [1.82, 2.24) is 0 Å². The van der Waals surface area contributed by atoms with Crippen LogP contribution in [0.15, 0.2) is 11.6 Å². The molecule has 0 aromatic rings. The second-order valence-electron chi connectivity index (χ2n) is 11.1. The van der Waals surface area contributed by atoms with Crippen LogP contribution in [-0.4, -0.2) is 35.5 Å². The number of hydrogen-bond donors (Lipinski definition) is 2. The third kappa shape index (κ3) is 3.39. The molecule has 2 N–H and O–H groups in total. The van der Waals surface area contributed by atoms with Crippen molar-refractivity contribution < 1.29 is 19.7 Å². The topological polar surface area (TPSA) is 66.8 Å². The highest BCUT2D eigenvalue weighted by Gasteiger charge is 2.61. The maximum absolute atomic E-state index is 11.6. The summed E-state index contributed by atoms with van der Waals surface area (Å²) in [5.41, 5.74) is 1.73. The van der Waals surface area contributed by atoms with Gasteiger partial charge in [-0.3, -0.25) is 4.79 Å². The molecule has 4 nitrogen and oxygen atoms in total. The predicted molar refractivity (Wildman–Crippen MR) is 113 cm³/mol. The number of carbonyl (C=O) groups is 1. The first kappa shape index (κ1) is 21.4. The zero-order valence-corrected chi connectivity index (χ0v) is 18.7. The van der Waals surface area contributed by atoms with E-state index >= 15 is 0 Å². The zero-order valence-electron chi connectivity index (χ0n) is 18.7. The lowest BCUT2D eigenvalue weighted by Gasteiger charge is -2.60. The van der Waals surface area contributed by atoms with Crippen molar-refractivity contribution in [2.75, 3.05) is 7.11 Å². The summed E-state index contributed by atoms with van der Waals surface area (Å²) in [4.78, 5) is 11.6. The Hall–Kier alpha value is -0.870. The van der Waals surface area contributed by atoms with Gasteiger partial charge in [0.05, 0.1) is 19.3 Å². The Morgan fingerprint density at radius 3 is 2.66 bits per heavy atom. The van der Waals surface area contributed by atoms with Crippen molar-refractivity contribution in [2.45, 2.75) is 90.8 Å². The van der Waals surface area contributed by atoms with Crippen molar-refractivity contribution >= 4 is 5.97 Å². The van der Waals surface area contributed by atoms with Crippen LogP contribution in [0.2, 0.25) is 0 Å². The number of rotatable bonds is 4. The second-order valence-corrected chi connectivity index (χ2v) is 11.1. The molecule has 0 bridgehead atoms. The average Bonchev–Trinajstić information content (AvgIpc) is 3.04. The number of aliphatic hydroxyl groups excluding tert-OH is 2. The molecule has 3 saturated carbocycles. The molecule has 4 heteroatoms. The van der Waals surface area contributed by atoms with E-state index in [4.69, 9.17) is 4.74 Å². The lowest BCUT2D eigenvalue weighted by atomic mass is 9.45. The Morgan fingerprint density at radius 1 is 1.17 bits per heavy atom. The minimum absolute atomic E-state index is 0.102. The molecule has 9 atom stereocenters. The molecule has 0 spiro atoms. The van der Waals surface area contributed by atoms with Gasteiger partial charge in [-0.1, -0.05) is 32.4 Å². The minimum Gasteiger partial charge on any atom is -0.469 e. The van der Waals surface area contributed by atoms with E-state index in [1.165, 1.54) is 38.4 Å². The Balaban J connectivity index is 1.55. The number of carbonyl (C=O) groups excluding carboxylic acids is 1. The lowest BCUT2D eigenvalue weighted by Crippen LogP contribution is -2.55. The van der Waals surface area contributed by atoms with Gasteiger partial charge in [-0.2, -0.15) is 0 Å². The molecule has 29 heavy (non-hydrogen) atoms. The molecule has 0 aliphatic heterocycles. The van der Waals surface area contributed by atoms with Crippen LogP contribution >= 0.6 is 0 Å². The molecular weight excluding hydrogens is 364 g/mol. The second kappa shape index (κ2) is 7.67. The third-order valence-corrected chi connectivity index (χ3v) is 9.90. The van der Waals surface area contributed by atoms with Gasteiger partial charge in [0.1, 0.15) is 0 Å². The number of methoxy groups -OCH3 is 1. The van der Waals surface area contributed by atoms with E-state index in [0.29, 0.717) is 36.0 Å². The molecular formula is C25H40O4. The van der Waals surface area contributed by atoms with Crippen molar-refractivity contribution in [3.63, 3.8) is 0 Å². The Bertz CT molecular complexity index is 672. The summed E-state index contributed by atoms with van der Waals surface area (Å²) in [6, 6.07) is 0. The van der Waals surface area contributed by atoms with Gasteiger partial charge in [-0.05, 0) is 91.8 Å². The largest absolute Gasteiger partial charge is 0.469 e. The number of fused-ring (bicyclic) bond motifs is 5. The highest BCUT2D eigenvalue weighted by Crippen LogP contribution is 2.67. The van der Waals surface area contributed by atoms with Gasteiger partial charge in [0.15, 0.2) is 0 Å². The van der Waals surface area contributed by atoms with Gasteiger partial charge in [0.25, 0.3) is 0 Å². The number of hydrogen-bond acceptors (Lipinski definition) is 4. The molecule has 3 fully saturated rings. The van der Waals surface area contributed by atoms with E-state index in [9.17, 15) is 15.0 Å². The van der Waals surface area contributed by atoms with Crippen LogP contribution in [0.3, 0.4) is 0 Å². The summed E-state index contributed by atoms with van der Waals surface area (Å²) < 4.78 is 4.85. The summed E-state index contributed by atoms with van der Waals surface area (Å²) in [7, 11) is 1.47. The molecule has 4 rings (SSSR count). The van der Waals surface area contributed by atoms with Crippen molar-refractivity contribution in [3.8, 4) is 0 Å². The summed E-state index contributed by atoms with van der Waals surface area (Å²) >= 11 is 0. The number of esters is 1. The van der Waals surface area contributed by atoms with E-state index < -0.39 is 0 Å². The fourth-order valence-electron chi connectivity index (χ4n) is 8.30. The third-order valence-electron chi connectivity index (χ3n) is 9.90. The van der Waals surface area contributed by atoms with Gasteiger partial charge in [0, 0.05) is 6.42 Å². The Labute approximate surface area is 176 Å². The SMILES string of the molecule is COC(=O)CC[C@@H](C)[C@H]1CC[C@H]2C3[C@H](O)CC4=C[C@H](O)CC[C@]4(C)[C@H]3CC[C@]12C. The van der Waals surface area contributed by atoms with Crippen molar-refractivity contribution in [2.24, 2.45) is 40.4 Å². The number of ether oxygens (including phenoxy) is 1. The smallest absolute Gasteiger partial charge is 0.305 e. The first-order chi connectivity index (χ1) is 13.7.